The van der Waals surface area contributed by atoms with Gasteiger partial charge >= 0.3 is 0 Å². The van der Waals surface area contributed by atoms with Crippen molar-refractivity contribution >= 4 is 11.4 Å². The number of nitrogens with one attached hydrogen (secondary N) is 1. The van der Waals surface area contributed by atoms with Gasteiger partial charge in [-0.3, -0.25) is 0 Å². The van der Waals surface area contributed by atoms with Crippen LogP contribution in [0.25, 0.3) is 0 Å². The molecule has 1 aliphatic carbocycles. The minimum atomic E-state index is 0.272. The van der Waals surface area contributed by atoms with Crippen molar-refractivity contribution in [2.45, 2.75) is 47.0 Å². The first-order chi connectivity index (χ1) is 10.9. The molecule has 0 aromatic heterocycles. The summed E-state index contributed by atoms with van der Waals surface area (Å²) in [5.74, 6) is 2.28. The van der Waals surface area contributed by atoms with Crippen LogP contribution in [0.5, 0.6) is 5.75 Å². The second kappa shape index (κ2) is 7.91. The second-order valence-corrected chi connectivity index (χ2v) is 7.66. The minimum absolute atomic E-state index is 0.272. The van der Waals surface area contributed by atoms with Crippen LogP contribution in [0, 0.1) is 17.3 Å². The summed E-state index contributed by atoms with van der Waals surface area (Å²) in [6.07, 6.45) is 3.88. The molecule has 130 valence electrons. The molecule has 0 bridgehead atoms. The van der Waals surface area contributed by atoms with Crippen LogP contribution in [0.3, 0.4) is 0 Å². The van der Waals surface area contributed by atoms with E-state index in [1.165, 1.54) is 19.3 Å². The number of nitrogen functional groups attached to an aromatic ring is 1. The van der Waals surface area contributed by atoms with Crippen LogP contribution >= 0.6 is 0 Å². The van der Waals surface area contributed by atoms with Crippen molar-refractivity contribution < 1.29 is 9.47 Å². The van der Waals surface area contributed by atoms with Crippen LogP contribution in [-0.4, -0.2) is 19.9 Å². The van der Waals surface area contributed by atoms with Crippen molar-refractivity contribution in [3.63, 3.8) is 0 Å². The van der Waals surface area contributed by atoms with Gasteiger partial charge in [0.25, 0.3) is 0 Å². The largest absolute Gasteiger partial charge is 0.467 e. The van der Waals surface area contributed by atoms with Gasteiger partial charge in [-0.05, 0) is 55.6 Å². The lowest BCUT2D eigenvalue weighted by Crippen LogP contribution is -2.31. The lowest BCUT2D eigenvalue weighted by molar-refractivity contribution is 0.0224. The molecule has 0 aliphatic heterocycles. The van der Waals surface area contributed by atoms with E-state index in [1.807, 2.05) is 25.1 Å². The van der Waals surface area contributed by atoms with Crippen LogP contribution in [0.4, 0.5) is 11.4 Å². The number of benzene rings is 1. The monoisotopic (exact) mass is 320 g/mol. The Bertz CT molecular complexity index is 502. The number of ether oxygens (including phenoxy) is 2. The molecule has 0 spiro atoms. The number of nitrogens with two attached hydrogens (primary N) is 1. The molecule has 23 heavy (non-hydrogen) atoms. The van der Waals surface area contributed by atoms with Crippen molar-refractivity contribution in [3.8, 4) is 5.75 Å². The van der Waals surface area contributed by atoms with Gasteiger partial charge in [0.1, 0.15) is 5.75 Å². The SMILES string of the molecule is CCOCOc1ccc(N)c(NC[C@@H]2C[C@H](C)CC(C)(C)C2)c1. The molecular formula is C19H32N2O2. The van der Waals surface area contributed by atoms with E-state index in [1.54, 1.807) is 0 Å². The Morgan fingerprint density at radius 3 is 2.78 bits per heavy atom. The fourth-order valence-electron chi connectivity index (χ4n) is 3.92. The van der Waals surface area contributed by atoms with Gasteiger partial charge in [0, 0.05) is 19.2 Å². The highest BCUT2D eigenvalue weighted by molar-refractivity contribution is 5.68. The van der Waals surface area contributed by atoms with Gasteiger partial charge in [-0.1, -0.05) is 20.8 Å². The normalized spacial score (nSPS) is 23.5. The standard InChI is InChI=1S/C19H32N2O2/c1-5-22-13-23-16-6-7-17(20)18(9-16)21-12-15-8-14(2)10-19(3,4)11-15/h6-7,9,14-15,21H,5,8,10-13,20H2,1-4H3/t14-,15+/m0/s1. The van der Waals surface area contributed by atoms with E-state index in [4.69, 9.17) is 15.2 Å². The van der Waals surface area contributed by atoms with E-state index in [9.17, 15) is 0 Å². The summed E-state index contributed by atoms with van der Waals surface area (Å²) < 4.78 is 10.8. The maximum Gasteiger partial charge on any atom is 0.189 e. The van der Waals surface area contributed by atoms with Crippen LogP contribution in [0.1, 0.15) is 47.0 Å². The molecule has 0 unspecified atom stereocenters. The van der Waals surface area contributed by atoms with E-state index >= 15 is 0 Å². The lowest BCUT2D eigenvalue weighted by atomic mass is 9.68. The summed E-state index contributed by atoms with van der Waals surface area (Å²) >= 11 is 0. The lowest BCUT2D eigenvalue weighted by Gasteiger charge is -2.39. The van der Waals surface area contributed by atoms with E-state index in [0.29, 0.717) is 17.9 Å². The van der Waals surface area contributed by atoms with Crippen molar-refractivity contribution in [2.75, 3.05) is 31.0 Å². The smallest absolute Gasteiger partial charge is 0.189 e. The Labute approximate surface area is 140 Å². The molecule has 0 saturated heterocycles. The number of anilines is 2. The predicted octanol–water partition coefficient (Wildman–Crippen LogP) is 4.52. The molecule has 1 fully saturated rings. The Balaban J connectivity index is 1.92. The molecule has 4 heteroatoms. The maximum absolute atomic E-state index is 6.09. The van der Waals surface area contributed by atoms with Gasteiger partial charge in [0.05, 0.1) is 11.4 Å². The molecular weight excluding hydrogens is 288 g/mol. The van der Waals surface area contributed by atoms with Gasteiger partial charge in [-0.25, -0.2) is 0 Å². The Hall–Kier alpha value is -1.42. The molecule has 2 atom stereocenters. The summed E-state index contributed by atoms with van der Waals surface area (Å²) in [4.78, 5) is 0. The number of hydrogen-bond acceptors (Lipinski definition) is 4. The van der Waals surface area contributed by atoms with Crippen molar-refractivity contribution in [1.82, 2.24) is 0 Å². The molecule has 4 nitrogen and oxygen atoms in total. The van der Waals surface area contributed by atoms with Gasteiger partial charge in [0.15, 0.2) is 6.79 Å². The Morgan fingerprint density at radius 1 is 1.30 bits per heavy atom. The molecule has 3 N–H and O–H groups in total. The first kappa shape index (κ1) is 17.9. The fourth-order valence-corrected chi connectivity index (χ4v) is 3.92. The van der Waals surface area contributed by atoms with E-state index in [-0.39, 0.29) is 6.79 Å². The summed E-state index contributed by atoms with van der Waals surface area (Å²) in [5.41, 5.74) is 8.25. The highest BCUT2D eigenvalue weighted by Crippen LogP contribution is 2.41. The number of hydrogen-bond donors (Lipinski definition) is 2. The summed E-state index contributed by atoms with van der Waals surface area (Å²) in [6, 6.07) is 5.73. The number of rotatable bonds is 7. The molecule has 0 heterocycles. The fraction of sp³-hybridized carbons (Fsp3) is 0.684. The van der Waals surface area contributed by atoms with Crippen molar-refractivity contribution in [2.24, 2.45) is 17.3 Å². The van der Waals surface area contributed by atoms with Crippen LogP contribution < -0.4 is 15.8 Å². The van der Waals surface area contributed by atoms with Crippen LogP contribution in [0.15, 0.2) is 18.2 Å². The third-order valence-electron chi connectivity index (χ3n) is 4.60. The molecule has 1 aliphatic rings. The molecule has 2 rings (SSSR count). The van der Waals surface area contributed by atoms with E-state index in [0.717, 1.165) is 29.6 Å². The van der Waals surface area contributed by atoms with E-state index < -0.39 is 0 Å². The van der Waals surface area contributed by atoms with E-state index in [2.05, 4.69) is 26.1 Å². The van der Waals surface area contributed by atoms with Gasteiger partial charge < -0.3 is 20.5 Å². The summed E-state index contributed by atoms with van der Waals surface area (Å²) in [7, 11) is 0. The summed E-state index contributed by atoms with van der Waals surface area (Å²) in [6.45, 7) is 11.0. The topological polar surface area (TPSA) is 56.5 Å². The average Bonchev–Trinajstić information content (AvgIpc) is 2.46. The maximum atomic E-state index is 6.09. The zero-order chi connectivity index (χ0) is 16.9. The molecule has 1 saturated carbocycles. The quantitative estimate of drug-likeness (QED) is 0.441. The Morgan fingerprint density at radius 2 is 2.09 bits per heavy atom. The highest BCUT2D eigenvalue weighted by Gasteiger charge is 2.31. The molecule has 0 radical (unpaired) electrons. The first-order valence-corrected chi connectivity index (χ1v) is 8.73. The highest BCUT2D eigenvalue weighted by atomic mass is 16.7. The second-order valence-electron chi connectivity index (χ2n) is 7.66. The van der Waals surface area contributed by atoms with Crippen LogP contribution in [0.2, 0.25) is 0 Å². The van der Waals surface area contributed by atoms with Gasteiger partial charge in [-0.2, -0.15) is 0 Å². The van der Waals surface area contributed by atoms with Crippen LogP contribution in [-0.2, 0) is 4.74 Å². The molecule has 0 amide bonds. The third kappa shape index (κ3) is 5.61. The van der Waals surface area contributed by atoms with Crippen molar-refractivity contribution in [3.05, 3.63) is 18.2 Å². The molecule has 1 aromatic carbocycles. The zero-order valence-electron chi connectivity index (χ0n) is 15.0. The predicted molar refractivity (Wildman–Crippen MR) is 96.8 cm³/mol. The summed E-state index contributed by atoms with van der Waals surface area (Å²) in [5, 5.41) is 3.53. The third-order valence-corrected chi connectivity index (χ3v) is 4.60. The Kier molecular flexibility index (Phi) is 6.17. The molecule has 1 aromatic rings. The van der Waals surface area contributed by atoms with Crippen molar-refractivity contribution in [1.29, 1.82) is 0 Å². The first-order valence-electron chi connectivity index (χ1n) is 8.73. The van der Waals surface area contributed by atoms with Gasteiger partial charge in [0.2, 0.25) is 0 Å². The minimum Gasteiger partial charge on any atom is -0.467 e. The average molecular weight is 320 g/mol. The zero-order valence-corrected chi connectivity index (χ0v) is 15.0. The van der Waals surface area contributed by atoms with Gasteiger partial charge in [-0.15, -0.1) is 0 Å².